The van der Waals surface area contributed by atoms with Crippen LogP contribution in [-0.4, -0.2) is 34.7 Å². The minimum absolute atomic E-state index is 0.0473. The lowest BCUT2D eigenvalue weighted by molar-refractivity contribution is 0.0463. The lowest BCUT2D eigenvalue weighted by Gasteiger charge is -2.06. The quantitative estimate of drug-likeness (QED) is 0.614. The molecule has 0 saturated heterocycles. The van der Waals surface area contributed by atoms with E-state index in [-0.39, 0.29) is 11.5 Å². The van der Waals surface area contributed by atoms with Crippen LogP contribution >= 0.6 is 0 Å². The van der Waals surface area contributed by atoms with E-state index in [4.69, 9.17) is 14.6 Å². The monoisotopic (exact) mass is 291 g/mol. The van der Waals surface area contributed by atoms with Crippen molar-refractivity contribution in [3.63, 3.8) is 0 Å². The first-order valence-electron chi connectivity index (χ1n) is 5.34. The molecule has 0 aliphatic heterocycles. The van der Waals surface area contributed by atoms with Crippen LogP contribution in [0.3, 0.4) is 0 Å². The summed E-state index contributed by atoms with van der Waals surface area (Å²) in [7, 11) is -2.50. The Labute approximate surface area is 110 Å². The van der Waals surface area contributed by atoms with Gasteiger partial charge >= 0.3 is 5.97 Å². The van der Waals surface area contributed by atoms with Gasteiger partial charge in [0.15, 0.2) is 0 Å². The molecule has 19 heavy (non-hydrogen) atoms. The lowest BCUT2D eigenvalue weighted by Crippen LogP contribution is -2.15. The van der Waals surface area contributed by atoms with Crippen molar-refractivity contribution in [1.82, 2.24) is 0 Å². The molecule has 0 fully saturated rings. The minimum Gasteiger partial charge on any atom is -0.462 e. The predicted molar refractivity (Wildman–Crippen MR) is 64.5 cm³/mol. The van der Waals surface area contributed by atoms with E-state index in [1.54, 1.807) is 0 Å². The molecule has 1 aromatic carbocycles. The Hall–Kier alpha value is -1.51. The number of hydrogen-bond donors (Lipinski definition) is 1. The summed E-state index contributed by atoms with van der Waals surface area (Å²) in [5.41, 5.74) is -0.469. The van der Waals surface area contributed by atoms with Gasteiger partial charge in [-0.1, -0.05) is 0 Å². The van der Waals surface area contributed by atoms with E-state index in [0.717, 1.165) is 18.2 Å². The van der Waals surface area contributed by atoms with Crippen LogP contribution in [0.15, 0.2) is 23.1 Å². The molecule has 0 spiro atoms. The van der Waals surface area contributed by atoms with E-state index in [1.165, 1.54) is 7.11 Å². The Kier molecular flexibility index (Phi) is 5.40. The van der Waals surface area contributed by atoms with E-state index in [9.17, 15) is 17.6 Å². The number of esters is 1. The van der Waals surface area contributed by atoms with E-state index < -0.39 is 27.4 Å². The van der Waals surface area contributed by atoms with Crippen molar-refractivity contribution in [3.8, 4) is 0 Å². The molecule has 6 nitrogen and oxygen atoms in total. The predicted octanol–water partition coefficient (Wildman–Crippen LogP) is 0.666. The Morgan fingerprint density at radius 1 is 1.37 bits per heavy atom. The molecule has 2 N–H and O–H groups in total. The summed E-state index contributed by atoms with van der Waals surface area (Å²) in [5, 5.41) is 4.90. The van der Waals surface area contributed by atoms with Gasteiger partial charge in [0.1, 0.15) is 5.82 Å². The first kappa shape index (κ1) is 15.5. The highest BCUT2D eigenvalue weighted by Gasteiger charge is 2.17. The summed E-state index contributed by atoms with van der Waals surface area (Å²) in [4.78, 5) is 11.2. The number of sulfonamides is 1. The molecule has 0 aromatic heterocycles. The van der Waals surface area contributed by atoms with Gasteiger partial charge in [-0.25, -0.2) is 22.7 Å². The van der Waals surface area contributed by atoms with E-state index in [1.807, 2.05) is 0 Å². The maximum atomic E-state index is 13.4. The fourth-order valence-corrected chi connectivity index (χ4v) is 1.82. The molecule has 0 aliphatic rings. The van der Waals surface area contributed by atoms with Crippen molar-refractivity contribution < 1.29 is 27.1 Å². The topological polar surface area (TPSA) is 95.7 Å². The van der Waals surface area contributed by atoms with Gasteiger partial charge in [0.05, 0.1) is 17.1 Å². The standard InChI is InChI=1S/C11H14FNO5S/c1-17-5-2-6-18-11(14)9-7-8(19(13,15)16)3-4-10(9)12/h3-4,7H,2,5-6H2,1H3,(H2,13,15,16). The van der Waals surface area contributed by atoms with Crippen LogP contribution in [0.2, 0.25) is 0 Å². The van der Waals surface area contributed by atoms with E-state index >= 15 is 0 Å². The van der Waals surface area contributed by atoms with Gasteiger partial charge in [-0.15, -0.1) is 0 Å². The van der Waals surface area contributed by atoms with Crippen LogP contribution in [0.25, 0.3) is 0 Å². The highest BCUT2D eigenvalue weighted by molar-refractivity contribution is 7.89. The molecule has 0 saturated carbocycles. The number of carbonyl (C=O) groups excluding carboxylic acids is 1. The molecule has 106 valence electrons. The van der Waals surface area contributed by atoms with Crippen molar-refractivity contribution in [3.05, 3.63) is 29.6 Å². The molecule has 1 aromatic rings. The zero-order chi connectivity index (χ0) is 14.5. The van der Waals surface area contributed by atoms with Gasteiger partial charge in [-0.05, 0) is 18.2 Å². The van der Waals surface area contributed by atoms with Gasteiger partial charge in [0.2, 0.25) is 10.0 Å². The van der Waals surface area contributed by atoms with E-state index in [2.05, 4.69) is 0 Å². The SMILES string of the molecule is COCCCOC(=O)c1cc(S(N)(=O)=O)ccc1F. The second-order valence-corrected chi connectivity index (χ2v) is 5.23. The van der Waals surface area contributed by atoms with Crippen LogP contribution in [-0.2, 0) is 19.5 Å². The Morgan fingerprint density at radius 3 is 2.63 bits per heavy atom. The molecule has 0 atom stereocenters. The molecule has 0 radical (unpaired) electrons. The summed E-state index contributed by atoms with van der Waals surface area (Å²) >= 11 is 0. The minimum atomic E-state index is -4.00. The van der Waals surface area contributed by atoms with Gasteiger partial charge in [0.25, 0.3) is 0 Å². The maximum Gasteiger partial charge on any atom is 0.341 e. The van der Waals surface area contributed by atoms with Crippen molar-refractivity contribution >= 4 is 16.0 Å². The largest absolute Gasteiger partial charge is 0.462 e. The van der Waals surface area contributed by atoms with E-state index in [0.29, 0.717) is 13.0 Å². The van der Waals surface area contributed by atoms with Crippen molar-refractivity contribution in [2.75, 3.05) is 20.3 Å². The summed E-state index contributed by atoms with van der Waals surface area (Å²) < 4.78 is 45.2. The number of rotatable bonds is 6. The van der Waals surface area contributed by atoms with Gasteiger partial charge < -0.3 is 9.47 Å². The number of primary sulfonamides is 1. The molecular weight excluding hydrogens is 277 g/mol. The number of carbonyl (C=O) groups is 1. The third-order valence-electron chi connectivity index (χ3n) is 2.21. The van der Waals surface area contributed by atoms with Crippen LogP contribution in [0.5, 0.6) is 0 Å². The molecule has 1 rings (SSSR count). The zero-order valence-electron chi connectivity index (χ0n) is 10.3. The average Bonchev–Trinajstić information content (AvgIpc) is 2.33. The molecule has 0 amide bonds. The molecular formula is C11H14FNO5S. The molecule has 0 unspecified atom stereocenters. The summed E-state index contributed by atoms with van der Waals surface area (Å²) in [6, 6.07) is 2.68. The van der Waals surface area contributed by atoms with Gasteiger partial charge in [0, 0.05) is 20.1 Å². The molecule has 0 aliphatic carbocycles. The number of nitrogens with two attached hydrogens (primary N) is 1. The Balaban J connectivity index is 2.84. The average molecular weight is 291 g/mol. The fourth-order valence-electron chi connectivity index (χ4n) is 1.28. The number of ether oxygens (including phenoxy) is 2. The molecule has 0 heterocycles. The third-order valence-corrected chi connectivity index (χ3v) is 3.12. The third kappa shape index (κ3) is 4.58. The highest BCUT2D eigenvalue weighted by Crippen LogP contribution is 2.15. The van der Waals surface area contributed by atoms with Crippen LogP contribution < -0.4 is 5.14 Å². The smallest absolute Gasteiger partial charge is 0.341 e. The van der Waals surface area contributed by atoms with Gasteiger partial charge in [-0.3, -0.25) is 0 Å². The zero-order valence-corrected chi connectivity index (χ0v) is 11.1. The molecule has 8 heteroatoms. The molecule has 0 bridgehead atoms. The second kappa shape index (κ2) is 6.60. The van der Waals surface area contributed by atoms with Crippen LogP contribution in [0, 0.1) is 5.82 Å². The number of benzene rings is 1. The number of hydrogen-bond acceptors (Lipinski definition) is 5. The number of halogens is 1. The Morgan fingerprint density at radius 2 is 2.05 bits per heavy atom. The number of methoxy groups -OCH3 is 1. The first-order valence-corrected chi connectivity index (χ1v) is 6.89. The maximum absolute atomic E-state index is 13.4. The summed E-state index contributed by atoms with van der Waals surface area (Å²) in [6.07, 6.45) is 0.457. The van der Waals surface area contributed by atoms with Crippen LogP contribution in [0.4, 0.5) is 4.39 Å². The fraction of sp³-hybridized carbons (Fsp3) is 0.364. The first-order chi connectivity index (χ1) is 8.86. The van der Waals surface area contributed by atoms with Gasteiger partial charge in [-0.2, -0.15) is 0 Å². The highest BCUT2D eigenvalue weighted by atomic mass is 32.2. The van der Waals surface area contributed by atoms with Crippen molar-refractivity contribution in [2.24, 2.45) is 5.14 Å². The summed E-state index contributed by atoms with van der Waals surface area (Å²) in [6.45, 7) is 0.443. The van der Waals surface area contributed by atoms with Crippen molar-refractivity contribution in [1.29, 1.82) is 0 Å². The normalized spacial score (nSPS) is 11.3. The van der Waals surface area contributed by atoms with Crippen molar-refractivity contribution in [2.45, 2.75) is 11.3 Å². The lowest BCUT2D eigenvalue weighted by atomic mass is 10.2. The Bertz CT molecular complexity index is 558. The second-order valence-electron chi connectivity index (χ2n) is 3.67. The van der Waals surface area contributed by atoms with Crippen LogP contribution in [0.1, 0.15) is 16.8 Å². The summed E-state index contributed by atoms with van der Waals surface area (Å²) in [5.74, 6) is -1.82.